The van der Waals surface area contributed by atoms with Crippen molar-refractivity contribution in [2.24, 2.45) is 0 Å². The van der Waals surface area contributed by atoms with Crippen LogP contribution < -0.4 is 9.80 Å². The molecule has 0 radical (unpaired) electrons. The van der Waals surface area contributed by atoms with E-state index in [1.54, 1.807) is 6.92 Å². The molecule has 0 fully saturated rings. The summed E-state index contributed by atoms with van der Waals surface area (Å²) in [6, 6.07) is 26.8. The van der Waals surface area contributed by atoms with Gasteiger partial charge in [-0.2, -0.15) is 0 Å². The zero-order chi connectivity index (χ0) is 20.4. The third kappa shape index (κ3) is 3.54. The lowest BCUT2D eigenvalue weighted by Crippen LogP contribution is -2.47. The maximum atomic E-state index is 13.3. The Hall–Kier alpha value is -3.40. The van der Waals surface area contributed by atoms with Gasteiger partial charge in [-0.25, -0.2) is 0 Å². The van der Waals surface area contributed by atoms with Crippen molar-refractivity contribution in [2.75, 3.05) is 9.80 Å². The van der Waals surface area contributed by atoms with Gasteiger partial charge >= 0.3 is 0 Å². The van der Waals surface area contributed by atoms with Crippen molar-refractivity contribution in [1.82, 2.24) is 0 Å². The molecule has 2 atom stereocenters. The zero-order valence-electron chi connectivity index (χ0n) is 16.7. The fourth-order valence-electron chi connectivity index (χ4n) is 4.23. The first kappa shape index (κ1) is 18.9. The number of amides is 2. The van der Waals surface area contributed by atoms with Crippen LogP contribution in [0.2, 0.25) is 0 Å². The lowest BCUT2D eigenvalue weighted by Gasteiger charge is -2.43. The molecule has 1 aliphatic heterocycles. The minimum Gasteiger partial charge on any atom is -0.305 e. The van der Waals surface area contributed by atoms with Crippen LogP contribution in [0.3, 0.4) is 0 Å². The van der Waals surface area contributed by atoms with Crippen molar-refractivity contribution in [3.63, 3.8) is 0 Å². The number of benzene rings is 3. The van der Waals surface area contributed by atoms with Gasteiger partial charge in [0.25, 0.3) is 5.91 Å². The van der Waals surface area contributed by atoms with Crippen molar-refractivity contribution in [3.05, 3.63) is 96.1 Å². The largest absolute Gasteiger partial charge is 0.305 e. The Morgan fingerprint density at radius 2 is 1.45 bits per heavy atom. The first-order valence-corrected chi connectivity index (χ1v) is 9.90. The summed E-state index contributed by atoms with van der Waals surface area (Å²) >= 11 is 0. The fraction of sp³-hybridized carbons (Fsp3) is 0.200. The molecule has 0 unspecified atom stereocenters. The standard InChI is InChI=1S/C25H24N2O2/c1-18-17-24(27(19(2)28)21-13-7-4-8-14-21)22-15-9-10-16-23(22)26(18)25(29)20-11-5-3-6-12-20/h3-16,18,24H,17H2,1-2H3/t18-,24-/m1/s1. The number of hydrogen-bond acceptors (Lipinski definition) is 2. The van der Waals surface area contributed by atoms with E-state index in [1.165, 1.54) is 0 Å². The molecule has 3 aromatic carbocycles. The average molecular weight is 384 g/mol. The molecule has 0 saturated carbocycles. The van der Waals surface area contributed by atoms with Crippen LogP contribution in [0.5, 0.6) is 0 Å². The van der Waals surface area contributed by atoms with E-state index < -0.39 is 0 Å². The zero-order valence-corrected chi connectivity index (χ0v) is 16.7. The number of hydrogen-bond donors (Lipinski definition) is 0. The molecular formula is C25H24N2O2. The van der Waals surface area contributed by atoms with Gasteiger partial charge in [-0.1, -0.05) is 54.6 Å². The molecule has 0 bridgehead atoms. The molecule has 3 aromatic rings. The van der Waals surface area contributed by atoms with Gasteiger partial charge in [0, 0.05) is 29.9 Å². The van der Waals surface area contributed by atoms with Crippen molar-refractivity contribution in [1.29, 1.82) is 0 Å². The molecule has 2 amide bonds. The molecule has 29 heavy (non-hydrogen) atoms. The summed E-state index contributed by atoms with van der Waals surface area (Å²) in [4.78, 5) is 29.7. The second-order valence-corrected chi connectivity index (χ2v) is 7.43. The number of rotatable bonds is 3. The number of carbonyl (C=O) groups excluding carboxylic acids is 2. The molecule has 4 heteroatoms. The Labute approximate surface area is 171 Å². The first-order chi connectivity index (χ1) is 14.1. The predicted molar refractivity (Wildman–Crippen MR) is 116 cm³/mol. The third-order valence-corrected chi connectivity index (χ3v) is 5.49. The second-order valence-electron chi connectivity index (χ2n) is 7.43. The second kappa shape index (κ2) is 7.92. The Morgan fingerprint density at radius 3 is 2.10 bits per heavy atom. The van der Waals surface area contributed by atoms with Gasteiger partial charge in [0.05, 0.1) is 6.04 Å². The highest BCUT2D eigenvalue weighted by Gasteiger charge is 2.37. The highest BCUT2D eigenvalue weighted by molar-refractivity contribution is 6.07. The van der Waals surface area contributed by atoms with Crippen molar-refractivity contribution < 1.29 is 9.59 Å². The molecule has 4 nitrogen and oxygen atoms in total. The van der Waals surface area contributed by atoms with Crippen molar-refractivity contribution >= 4 is 23.2 Å². The molecule has 0 saturated heterocycles. The molecule has 0 N–H and O–H groups in total. The SMILES string of the molecule is CC(=O)N(c1ccccc1)[C@@H]1C[C@@H](C)N(C(=O)c2ccccc2)c2ccccc21. The number of carbonyl (C=O) groups is 2. The highest BCUT2D eigenvalue weighted by Crippen LogP contribution is 2.42. The van der Waals surface area contributed by atoms with Gasteiger partial charge < -0.3 is 9.80 Å². The van der Waals surface area contributed by atoms with Gasteiger partial charge in [-0.3, -0.25) is 9.59 Å². The van der Waals surface area contributed by atoms with Crippen LogP contribution in [0.1, 0.15) is 42.2 Å². The molecule has 1 heterocycles. The van der Waals surface area contributed by atoms with Gasteiger partial charge in [-0.15, -0.1) is 0 Å². The Balaban J connectivity index is 1.79. The topological polar surface area (TPSA) is 40.6 Å². The molecular weight excluding hydrogens is 360 g/mol. The Kier molecular flexibility index (Phi) is 5.17. The van der Waals surface area contributed by atoms with E-state index >= 15 is 0 Å². The molecule has 0 aliphatic carbocycles. The van der Waals surface area contributed by atoms with Crippen LogP contribution in [-0.4, -0.2) is 17.9 Å². The normalized spacial score (nSPS) is 18.1. The number of para-hydroxylation sites is 2. The summed E-state index contributed by atoms with van der Waals surface area (Å²) < 4.78 is 0. The van der Waals surface area contributed by atoms with Crippen molar-refractivity contribution in [2.45, 2.75) is 32.4 Å². The van der Waals surface area contributed by atoms with E-state index in [-0.39, 0.29) is 23.9 Å². The van der Waals surface area contributed by atoms with Crippen molar-refractivity contribution in [3.8, 4) is 0 Å². The number of anilines is 2. The molecule has 0 aromatic heterocycles. The van der Waals surface area contributed by atoms with Gasteiger partial charge in [0.2, 0.25) is 5.91 Å². The summed E-state index contributed by atoms with van der Waals surface area (Å²) in [5.74, 6) is -0.0240. The lowest BCUT2D eigenvalue weighted by molar-refractivity contribution is -0.117. The maximum absolute atomic E-state index is 13.3. The van der Waals surface area contributed by atoms with Gasteiger partial charge in [0.1, 0.15) is 0 Å². The summed E-state index contributed by atoms with van der Waals surface area (Å²) in [5.41, 5.74) is 3.40. The fourth-order valence-corrected chi connectivity index (χ4v) is 4.23. The lowest BCUT2D eigenvalue weighted by atomic mass is 9.89. The van der Waals surface area contributed by atoms with E-state index in [2.05, 4.69) is 0 Å². The number of nitrogens with zero attached hydrogens (tertiary/aromatic N) is 2. The van der Waals surface area contributed by atoms with E-state index in [0.29, 0.717) is 12.0 Å². The first-order valence-electron chi connectivity index (χ1n) is 9.90. The molecule has 146 valence electrons. The summed E-state index contributed by atoms with van der Waals surface area (Å²) in [6.07, 6.45) is 0.671. The molecule has 0 spiro atoms. The van der Waals surface area contributed by atoms with E-state index in [4.69, 9.17) is 0 Å². The third-order valence-electron chi connectivity index (χ3n) is 5.49. The van der Waals surface area contributed by atoms with Crippen LogP contribution in [0.4, 0.5) is 11.4 Å². The Bertz CT molecular complexity index is 1020. The minimum absolute atomic E-state index is 0.00830. The monoisotopic (exact) mass is 384 g/mol. The maximum Gasteiger partial charge on any atom is 0.258 e. The van der Waals surface area contributed by atoms with E-state index in [9.17, 15) is 9.59 Å². The van der Waals surface area contributed by atoms with Gasteiger partial charge in [-0.05, 0) is 49.2 Å². The van der Waals surface area contributed by atoms with Crippen LogP contribution in [0, 0.1) is 0 Å². The summed E-state index contributed by atoms with van der Waals surface area (Å²) in [7, 11) is 0. The van der Waals surface area contributed by atoms with Crippen LogP contribution in [-0.2, 0) is 4.79 Å². The average Bonchev–Trinajstić information content (AvgIpc) is 2.75. The van der Waals surface area contributed by atoms with E-state index in [0.717, 1.165) is 16.9 Å². The van der Waals surface area contributed by atoms with Crippen LogP contribution in [0.25, 0.3) is 0 Å². The summed E-state index contributed by atoms with van der Waals surface area (Å²) in [5, 5.41) is 0. The van der Waals surface area contributed by atoms with Crippen LogP contribution >= 0.6 is 0 Å². The van der Waals surface area contributed by atoms with Gasteiger partial charge in [0.15, 0.2) is 0 Å². The number of fused-ring (bicyclic) bond motifs is 1. The molecule has 1 aliphatic rings. The van der Waals surface area contributed by atoms with Crippen LogP contribution in [0.15, 0.2) is 84.9 Å². The predicted octanol–water partition coefficient (Wildman–Crippen LogP) is 5.22. The molecule has 4 rings (SSSR count). The quantitative estimate of drug-likeness (QED) is 0.621. The smallest absolute Gasteiger partial charge is 0.258 e. The summed E-state index contributed by atoms with van der Waals surface area (Å²) in [6.45, 7) is 3.65. The van der Waals surface area contributed by atoms with E-state index in [1.807, 2.05) is 102 Å². The Morgan fingerprint density at radius 1 is 0.862 bits per heavy atom. The highest BCUT2D eigenvalue weighted by atomic mass is 16.2. The minimum atomic E-state index is -0.124.